The van der Waals surface area contributed by atoms with Gasteiger partial charge in [0.25, 0.3) is 0 Å². The molecule has 1 aliphatic heterocycles. The summed E-state index contributed by atoms with van der Waals surface area (Å²) in [5.41, 5.74) is 3.79. The van der Waals surface area contributed by atoms with Crippen molar-refractivity contribution in [1.29, 1.82) is 0 Å². The molecule has 3 heterocycles. The third-order valence-corrected chi connectivity index (χ3v) is 5.70. The van der Waals surface area contributed by atoms with E-state index >= 15 is 0 Å². The van der Waals surface area contributed by atoms with Gasteiger partial charge >= 0.3 is 0 Å². The Bertz CT molecular complexity index is 1200. The summed E-state index contributed by atoms with van der Waals surface area (Å²) in [7, 11) is 3.26. The van der Waals surface area contributed by atoms with Crippen LogP contribution in [0.2, 0.25) is 0 Å². The Kier molecular flexibility index (Phi) is 4.88. The summed E-state index contributed by atoms with van der Waals surface area (Å²) in [6.45, 7) is 2.10. The lowest BCUT2D eigenvalue weighted by Gasteiger charge is -2.25. The van der Waals surface area contributed by atoms with Crippen LogP contribution in [0.3, 0.4) is 0 Å². The highest BCUT2D eigenvalue weighted by Gasteiger charge is 2.16. The van der Waals surface area contributed by atoms with Crippen LogP contribution in [-0.2, 0) is 0 Å². The molecular weight excluding hydrogens is 378 g/mol. The van der Waals surface area contributed by atoms with E-state index < -0.39 is 0 Å². The second-order valence-electron chi connectivity index (χ2n) is 7.53. The molecule has 0 saturated carbocycles. The number of fused-ring (bicyclic) bond motifs is 2. The summed E-state index contributed by atoms with van der Waals surface area (Å²) in [5.74, 6) is 2.15. The van der Waals surface area contributed by atoms with Crippen LogP contribution < -0.4 is 20.1 Å². The molecule has 7 heteroatoms. The van der Waals surface area contributed by atoms with E-state index in [1.165, 1.54) is 0 Å². The number of nitrogens with zero attached hydrogens (tertiary/aromatic N) is 3. The molecule has 2 aromatic heterocycles. The second-order valence-corrected chi connectivity index (χ2v) is 7.53. The molecule has 0 spiro atoms. The number of rotatable bonds is 5. The van der Waals surface area contributed by atoms with Crippen LogP contribution in [0, 0.1) is 0 Å². The summed E-state index contributed by atoms with van der Waals surface area (Å²) in [5, 5.41) is 8.23. The maximum Gasteiger partial charge on any atom is 0.163 e. The van der Waals surface area contributed by atoms with Gasteiger partial charge in [0.15, 0.2) is 11.5 Å². The fourth-order valence-electron chi connectivity index (χ4n) is 4.09. The van der Waals surface area contributed by atoms with Crippen LogP contribution in [0.25, 0.3) is 27.8 Å². The molecule has 0 unspecified atom stereocenters. The maximum atomic E-state index is 5.48. The Labute approximate surface area is 175 Å². The first-order chi connectivity index (χ1) is 14.8. The smallest absolute Gasteiger partial charge is 0.163 e. The van der Waals surface area contributed by atoms with Crippen molar-refractivity contribution in [2.75, 3.05) is 32.6 Å². The number of para-hydroxylation sites is 1. The van der Waals surface area contributed by atoms with Crippen LogP contribution in [-0.4, -0.2) is 47.9 Å². The van der Waals surface area contributed by atoms with E-state index in [1.54, 1.807) is 20.5 Å². The van der Waals surface area contributed by atoms with Crippen molar-refractivity contribution in [2.24, 2.45) is 0 Å². The standard InChI is InChI=1S/C23H25N5O2/c1-29-20-12-18-19(13-21(20)30-2)28(14-25-18)22-7-6-15-4-3-5-17(23(15)27-22)26-16-8-10-24-11-9-16/h3-7,12-14,16,24,26H,8-11H2,1-2H3. The number of methoxy groups -OCH3 is 2. The van der Waals surface area contributed by atoms with Crippen molar-refractivity contribution in [3.8, 4) is 17.3 Å². The number of ether oxygens (including phenoxy) is 2. The molecule has 1 aliphatic rings. The molecule has 0 atom stereocenters. The molecule has 5 rings (SSSR count). The molecule has 0 radical (unpaired) electrons. The van der Waals surface area contributed by atoms with E-state index in [4.69, 9.17) is 14.5 Å². The number of anilines is 1. The lowest BCUT2D eigenvalue weighted by molar-refractivity contribution is 0.355. The van der Waals surface area contributed by atoms with E-state index in [1.807, 2.05) is 22.8 Å². The molecule has 1 saturated heterocycles. The monoisotopic (exact) mass is 403 g/mol. The highest BCUT2D eigenvalue weighted by molar-refractivity contribution is 5.91. The number of nitrogens with one attached hydrogen (secondary N) is 2. The van der Waals surface area contributed by atoms with Crippen LogP contribution in [0.15, 0.2) is 48.8 Å². The van der Waals surface area contributed by atoms with Crippen LogP contribution >= 0.6 is 0 Å². The van der Waals surface area contributed by atoms with Gasteiger partial charge in [0, 0.05) is 23.6 Å². The first-order valence-electron chi connectivity index (χ1n) is 10.2. The molecule has 0 bridgehead atoms. The van der Waals surface area contributed by atoms with Gasteiger partial charge in [-0.05, 0) is 44.1 Å². The lowest BCUT2D eigenvalue weighted by atomic mass is 10.1. The first-order valence-corrected chi connectivity index (χ1v) is 10.2. The van der Waals surface area contributed by atoms with E-state index in [0.717, 1.165) is 59.4 Å². The van der Waals surface area contributed by atoms with Gasteiger partial charge in [-0.15, -0.1) is 0 Å². The van der Waals surface area contributed by atoms with Crippen molar-refractivity contribution in [1.82, 2.24) is 19.9 Å². The molecule has 2 N–H and O–H groups in total. The van der Waals surface area contributed by atoms with Crippen molar-refractivity contribution in [3.63, 3.8) is 0 Å². The molecule has 0 aliphatic carbocycles. The molecule has 154 valence electrons. The van der Waals surface area contributed by atoms with Crippen LogP contribution in [0.1, 0.15) is 12.8 Å². The highest BCUT2D eigenvalue weighted by Crippen LogP contribution is 2.33. The van der Waals surface area contributed by atoms with Crippen molar-refractivity contribution in [3.05, 3.63) is 48.8 Å². The molecule has 30 heavy (non-hydrogen) atoms. The average Bonchev–Trinajstić information content (AvgIpc) is 3.21. The topological polar surface area (TPSA) is 73.2 Å². The van der Waals surface area contributed by atoms with Crippen LogP contribution in [0.4, 0.5) is 5.69 Å². The summed E-state index contributed by atoms with van der Waals surface area (Å²) in [6, 6.07) is 14.7. The molecule has 2 aromatic carbocycles. The Balaban J connectivity index is 1.58. The van der Waals surface area contributed by atoms with Crippen LogP contribution in [0.5, 0.6) is 11.5 Å². The third kappa shape index (κ3) is 3.31. The first kappa shape index (κ1) is 18.7. The van der Waals surface area contributed by atoms with E-state index in [0.29, 0.717) is 17.5 Å². The molecule has 1 fully saturated rings. The van der Waals surface area contributed by atoms with Crippen molar-refractivity contribution >= 4 is 27.6 Å². The Hall–Kier alpha value is -3.32. The Morgan fingerprint density at radius 1 is 1.03 bits per heavy atom. The van der Waals surface area contributed by atoms with E-state index in [2.05, 4.69) is 39.9 Å². The zero-order chi connectivity index (χ0) is 20.5. The summed E-state index contributed by atoms with van der Waals surface area (Å²) in [4.78, 5) is 9.54. The number of piperidine rings is 1. The zero-order valence-corrected chi connectivity index (χ0v) is 17.2. The van der Waals surface area contributed by atoms with Gasteiger partial charge in [0.2, 0.25) is 0 Å². The summed E-state index contributed by atoms with van der Waals surface area (Å²) >= 11 is 0. The molecule has 4 aromatic rings. The average molecular weight is 403 g/mol. The Morgan fingerprint density at radius 3 is 2.63 bits per heavy atom. The minimum atomic E-state index is 0.466. The normalized spacial score (nSPS) is 14.9. The van der Waals surface area contributed by atoms with E-state index in [9.17, 15) is 0 Å². The number of aromatic nitrogens is 3. The van der Waals surface area contributed by atoms with Gasteiger partial charge in [-0.25, -0.2) is 9.97 Å². The van der Waals surface area contributed by atoms with Crippen molar-refractivity contribution < 1.29 is 9.47 Å². The minimum absolute atomic E-state index is 0.466. The zero-order valence-electron chi connectivity index (χ0n) is 17.2. The quantitative estimate of drug-likeness (QED) is 0.529. The number of hydrogen-bond acceptors (Lipinski definition) is 6. The summed E-state index contributed by atoms with van der Waals surface area (Å²) < 4.78 is 12.9. The van der Waals surface area contributed by atoms with Gasteiger partial charge < -0.3 is 20.1 Å². The Morgan fingerprint density at radius 2 is 1.83 bits per heavy atom. The fraction of sp³-hybridized carbons (Fsp3) is 0.304. The maximum absolute atomic E-state index is 5.48. The second kappa shape index (κ2) is 7.84. The highest BCUT2D eigenvalue weighted by atomic mass is 16.5. The fourth-order valence-corrected chi connectivity index (χ4v) is 4.09. The molecule has 0 amide bonds. The third-order valence-electron chi connectivity index (χ3n) is 5.70. The largest absolute Gasteiger partial charge is 0.493 e. The van der Waals surface area contributed by atoms with Crippen molar-refractivity contribution in [2.45, 2.75) is 18.9 Å². The number of benzene rings is 2. The lowest BCUT2D eigenvalue weighted by Crippen LogP contribution is -2.35. The predicted octanol–water partition coefficient (Wildman–Crippen LogP) is 3.75. The number of pyridine rings is 1. The van der Waals surface area contributed by atoms with Gasteiger partial charge in [-0.2, -0.15) is 0 Å². The predicted molar refractivity (Wildman–Crippen MR) is 119 cm³/mol. The molecule has 7 nitrogen and oxygen atoms in total. The summed E-state index contributed by atoms with van der Waals surface area (Å²) in [6.07, 6.45) is 4.02. The number of hydrogen-bond donors (Lipinski definition) is 2. The van der Waals surface area contributed by atoms with Gasteiger partial charge in [-0.3, -0.25) is 4.57 Å². The SMILES string of the molecule is COc1cc2ncn(-c3ccc4cccc(NC5CCNCC5)c4n3)c2cc1OC. The van der Waals surface area contributed by atoms with Gasteiger partial charge in [-0.1, -0.05) is 12.1 Å². The minimum Gasteiger partial charge on any atom is -0.493 e. The van der Waals surface area contributed by atoms with Gasteiger partial charge in [0.1, 0.15) is 12.1 Å². The van der Waals surface area contributed by atoms with Gasteiger partial charge in [0.05, 0.1) is 36.5 Å². The van der Waals surface area contributed by atoms with E-state index in [-0.39, 0.29) is 0 Å². The molecular formula is C23H25N5O2. The number of imidazole rings is 1.